The van der Waals surface area contributed by atoms with E-state index in [0.29, 0.717) is 16.8 Å². The molecule has 1 atom stereocenters. The molecule has 0 spiro atoms. The van der Waals surface area contributed by atoms with E-state index < -0.39 is 16.1 Å². The molecule has 0 bridgehead atoms. The van der Waals surface area contributed by atoms with Crippen LogP contribution in [0.3, 0.4) is 0 Å². The predicted molar refractivity (Wildman–Crippen MR) is 106 cm³/mol. The topological polar surface area (TPSA) is 66.5 Å². The smallest absolute Gasteiger partial charge is 0.265 e. The number of carbonyl (C=O) groups is 1. The van der Waals surface area contributed by atoms with Crippen molar-refractivity contribution in [2.24, 2.45) is 0 Å². The van der Waals surface area contributed by atoms with Gasteiger partial charge in [-0.2, -0.15) is 0 Å². The van der Waals surface area contributed by atoms with Gasteiger partial charge in [-0.3, -0.25) is 9.10 Å². The van der Waals surface area contributed by atoms with Gasteiger partial charge in [0.05, 0.1) is 10.6 Å². The molecule has 0 saturated heterocycles. The first-order chi connectivity index (χ1) is 12.4. The highest BCUT2D eigenvalue weighted by Gasteiger charge is 2.40. The monoisotopic (exact) mass is 430 g/mol. The van der Waals surface area contributed by atoms with Gasteiger partial charge < -0.3 is 5.32 Å². The summed E-state index contributed by atoms with van der Waals surface area (Å²) in [5, 5.41) is 4.28. The standard InChI is InChI=1S/C19H15BrN2O3S/c1-12(19(23)21-15-10-8-14(20)9-11-15)22-16-6-2-4-13-5-3-7-17(18(13)16)26(22,24)25/h2-12H,1H3,(H,21,23)/t12-/m0/s1. The van der Waals surface area contributed by atoms with Crippen LogP contribution in [0.5, 0.6) is 0 Å². The van der Waals surface area contributed by atoms with E-state index in [0.717, 1.165) is 9.86 Å². The summed E-state index contributed by atoms with van der Waals surface area (Å²) in [5.74, 6) is -0.388. The highest BCUT2D eigenvalue weighted by Crippen LogP contribution is 2.43. The molecule has 0 saturated carbocycles. The molecule has 1 heterocycles. The van der Waals surface area contributed by atoms with E-state index in [4.69, 9.17) is 0 Å². The molecule has 1 aliphatic rings. The van der Waals surface area contributed by atoms with Crippen molar-refractivity contribution in [2.45, 2.75) is 17.9 Å². The quantitative estimate of drug-likeness (QED) is 0.678. The Labute approximate surface area is 159 Å². The second kappa shape index (κ2) is 6.10. The van der Waals surface area contributed by atoms with Crippen molar-refractivity contribution >= 4 is 54.0 Å². The zero-order valence-corrected chi connectivity index (χ0v) is 16.2. The summed E-state index contributed by atoms with van der Waals surface area (Å²) in [7, 11) is -3.78. The molecule has 0 fully saturated rings. The summed E-state index contributed by atoms with van der Waals surface area (Å²) in [6.45, 7) is 1.59. The maximum atomic E-state index is 13.0. The maximum Gasteiger partial charge on any atom is 0.265 e. The molecule has 3 aromatic carbocycles. The van der Waals surface area contributed by atoms with Gasteiger partial charge in [0, 0.05) is 15.5 Å². The molecule has 7 heteroatoms. The van der Waals surface area contributed by atoms with Gasteiger partial charge in [0.15, 0.2) is 0 Å². The van der Waals surface area contributed by atoms with Crippen LogP contribution < -0.4 is 9.62 Å². The summed E-state index contributed by atoms with van der Waals surface area (Å²) >= 11 is 3.34. The van der Waals surface area contributed by atoms with Crippen LogP contribution in [-0.4, -0.2) is 20.4 Å². The molecule has 4 rings (SSSR count). The van der Waals surface area contributed by atoms with Gasteiger partial charge in [-0.1, -0.05) is 40.2 Å². The second-order valence-electron chi connectivity index (χ2n) is 6.10. The van der Waals surface area contributed by atoms with Gasteiger partial charge in [0.1, 0.15) is 6.04 Å². The number of rotatable bonds is 3. The molecule has 5 nitrogen and oxygen atoms in total. The van der Waals surface area contributed by atoms with Crippen LogP contribution in [-0.2, 0) is 14.8 Å². The van der Waals surface area contributed by atoms with Crippen molar-refractivity contribution in [3.63, 3.8) is 0 Å². The van der Waals surface area contributed by atoms with Gasteiger partial charge in [-0.15, -0.1) is 0 Å². The van der Waals surface area contributed by atoms with E-state index in [9.17, 15) is 13.2 Å². The molecule has 26 heavy (non-hydrogen) atoms. The zero-order chi connectivity index (χ0) is 18.5. The molecule has 3 aromatic rings. The lowest BCUT2D eigenvalue weighted by atomic mass is 10.1. The average molecular weight is 431 g/mol. The van der Waals surface area contributed by atoms with Crippen molar-refractivity contribution in [3.05, 3.63) is 65.1 Å². The van der Waals surface area contributed by atoms with Crippen LogP contribution in [0.25, 0.3) is 10.8 Å². The lowest BCUT2D eigenvalue weighted by Gasteiger charge is -2.25. The van der Waals surface area contributed by atoms with Crippen LogP contribution in [0.15, 0.2) is 70.0 Å². The van der Waals surface area contributed by atoms with Gasteiger partial charge in [0.25, 0.3) is 10.0 Å². The minimum absolute atomic E-state index is 0.244. The van der Waals surface area contributed by atoms with Gasteiger partial charge in [-0.25, -0.2) is 8.42 Å². The van der Waals surface area contributed by atoms with Crippen molar-refractivity contribution in [1.29, 1.82) is 0 Å². The van der Waals surface area contributed by atoms with Crippen LogP contribution in [0, 0.1) is 0 Å². The molecule has 1 aliphatic heterocycles. The van der Waals surface area contributed by atoms with E-state index >= 15 is 0 Å². The average Bonchev–Trinajstić information content (AvgIpc) is 2.85. The molecule has 1 N–H and O–H groups in total. The third-order valence-corrected chi connectivity index (χ3v) is 6.92. The molecule has 132 valence electrons. The Morgan fingerprint density at radius 3 is 2.38 bits per heavy atom. The summed E-state index contributed by atoms with van der Waals surface area (Å²) in [6, 6.07) is 16.8. The summed E-state index contributed by atoms with van der Waals surface area (Å²) in [4.78, 5) is 13.0. The number of hydrogen-bond acceptors (Lipinski definition) is 3. The number of halogens is 1. The number of carbonyl (C=O) groups excluding carboxylic acids is 1. The number of sulfonamides is 1. The number of nitrogens with one attached hydrogen (secondary N) is 1. The Kier molecular flexibility index (Phi) is 4.00. The Hall–Kier alpha value is -2.38. The minimum Gasteiger partial charge on any atom is -0.324 e. The summed E-state index contributed by atoms with van der Waals surface area (Å²) in [5.41, 5.74) is 1.15. The number of anilines is 2. The minimum atomic E-state index is -3.78. The lowest BCUT2D eigenvalue weighted by Crippen LogP contribution is -2.43. The molecule has 1 amide bonds. The Morgan fingerprint density at radius 2 is 1.69 bits per heavy atom. The van der Waals surface area contributed by atoms with Crippen LogP contribution in [0.2, 0.25) is 0 Å². The third kappa shape index (κ3) is 2.59. The van der Waals surface area contributed by atoms with Crippen molar-refractivity contribution in [1.82, 2.24) is 0 Å². The normalized spacial score (nSPS) is 15.8. The van der Waals surface area contributed by atoms with Crippen LogP contribution in [0.4, 0.5) is 11.4 Å². The zero-order valence-electron chi connectivity index (χ0n) is 13.8. The molecule has 0 radical (unpaired) electrons. The van der Waals surface area contributed by atoms with Gasteiger partial charge in [0.2, 0.25) is 5.91 Å². The number of nitrogens with zero attached hydrogens (tertiary/aromatic N) is 1. The molecular weight excluding hydrogens is 416 g/mol. The summed E-state index contributed by atoms with van der Waals surface area (Å²) in [6.07, 6.45) is 0. The van der Waals surface area contributed by atoms with Crippen LogP contribution >= 0.6 is 15.9 Å². The van der Waals surface area contributed by atoms with Gasteiger partial charge in [-0.05, 0) is 48.7 Å². The van der Waals surface area contributed by atoms with E-state index in [2.05, 4.69) is 21.2 Å². The predicted octanol–water partition coefficient (Wildman–Crippen LogP) is 4.14. The highest BCUT2D eigenvalue weighted by atomic mass is 79.9. The first kappa shape index (κ1) is 17.1. The maximum absolute atomic E-state index is 13.0. The van der Waals surface area contributed by atoms with Crippen molar-refractivity contribution < 1.29 is 13.2 Å². The fourth-order valence-corrected chi connectivity index (χ4v) is 5.35. The SMILES string of the molecule is C[C@@H](C(=O)Nc1ccc(Br)cc1)N1c2cccc3cccc(c23)S1(=O)=O. The second-order valence-corrected chi connectivity index (χ2v) is 8.80. The Morgan fingerprint density at radius 1 is 1.04 bits per heavy atom. The number of hydrogen-bond donors (Lipinski definition) is 1. The van der Waals surface area contributed by atoms with E-state index in [1.54, 1.807) is 43.3 Å². The van der Waals surface area contributed by atoms with Gasteiger partial charge >= 0.3 is 0 Å². The van der Waals surface area contributed by atoms with Crippen LogP contribution in [0.1, 0.15) is 6.92 Å². The molecular formula is C19H15BrN2O3S. The summed E-state index contributed by atoms with van der Waals surface area (Å²) < 4.78 is 28.2. The first-order valence-electron chi connectivity index (χ1n) is 8.02. The van der Waals surface area contributed by atoms with Crippen molar-refractivity contribution in [3.8, 4) is 0 Å². The fourth-order valence-electron chi connectivity index (χ4n) is 3.22. The first-order valence-corrected chi connectivity index (χ1v) is 10.3. The Balaban J connectivity index is 1.72. The number of amides is 1. The number of benzene rings is 3. The fraction of sp³-hybridized carbons (Fsp3) is 0.105. The molecule has 0 aromatic heterocycles. The highest BCUT2D eigenvalue weighted by molar-refractivity contribution is 9.10. The van der Waals surface area contributed by atoms with E-state index in [-0.39, 0.29) is 10.8 Å². The van der Waals surface area contributed by atoms with E-state index in [1.165, 1.54) is 4.31 Å². The van der Waals surface area contributed by atoms with Crippen molar-refractivity contribution in [2.75, 3.05) is 9.62 Å². The Bertz CT molecular complexity index is 1120. The molecule has 0 aliphatic carbocycles. The largest absolute Gasteiger partial charge is 0.324 e. The molecule has 0 unspecified atom stereocenters. The lowest BCUT2D eigenvalue weighted by molar-refractivity contribution is -0.116. The third-order valence-electron chi connectivity index (χ3n) is 4.46. The van der Waals surface area contributed by atoms with E-state index in [1.807, 2.05) is 24.3 Å².